The predicted octanol–water partition coefficient (Wildman–Crippen LogP) is 1.48. The fourth-order valence-electron chi connectivity index (χ4n) is 1.57. The van der Waals surface area contributed by atoms with Crippen molar-refractivity contribution in [2.45, 2.75) is 64.3 Å². The fourth-order valence-corrected chi connectivity index (χ4v) is 1.57. The second-order valence-electron chi connectivity index (χ2n) is 4.49. The molecule has 0 aromatic rings. The second-order valence-corrected chi connectivity index (χ2v) is 4.49. The Morgan fingerprint density at radius 1 is 1.11 bits per heavy atom. The molecule has 0 aromatic heterocycles. The first-order valence-electron chi connectivity index (χ1n) is 6.82. The SMILES string of the molecule is CCCCCCCC(=O)OC(=O)[C@H](N)CCCN. The van der Waals surface area contributed by atoms with Gasteiger partial charge in [0.25, 0.3) is 0 Å². The lowest BCUT2D eigenvalue weighted by Gasteiger charge is -2.09. The van der Waals surface area contributed by atoms with Crippen molar-refractivity contribution in [3.8, 4) is 0 Å². The third-order valence-electron chi connectivity index (χ3n) is 2.72. The summed E-state index contributed by atoms with van der Waals surface area (Å²) >= 11 is 0. The molecule has 0 unspecified atom stereocenters. The molecule has 18 heavy (non-hydrogen) atoms. The third-order valence-corrected chi connectivity index (χ3v) is 2.72. The molecule has 0 radical (unpaired) electrons. The minimum absolute atomic E-state index is 0.291. The van der Waals surface area contributed by atoms with Gasteiger partial charge in [0, 0.05) is 6.42 Å². The zero-order valence-electron chi connectivity index (χ0n) is 11.3. The smallest absolute Gasteiger partial charge is 0.330 e. The molecule has 106 valence electrons. The van der Waals surface area contributed by atoms with E-state index in [2.05, 4.69) is 11.7 Å². The molecule has 0 amide bonds. The Balaban J connectivity index is 3.63. The summed E-state index contributed by atoms with van der Waals surface area (Å²) in [4.78, 5) is 22.7. The van der Waals surface area contributed by atoms with E-state index in [4.69, 9.17) is 11.5 Å². The first-order valence-corrected chi connectivity index (χ1v) is 6.82. The Bertz CT molecular complexity index is 244. The Morgan fingerprint density at radius 2 is 1.78 bits per heavy atom. The molecule has 0 saturated heterocycles. The molecule has 5 nitrogen and oxygen atoms in total. The highest BCUT2D eigenvalue weighted by Crippen LogP contribution is 2.06. The van der Waals surface area contributed by atoms with Crippen LogP contribution in [0, 0.1) is 0 Å². The van der Waals surface area contributed by atoms with Crippen LogP contribution in [0.25, 0.3) is 0 Å². The van der Waals surface area contributed by atoms with Crippen molar-refractivity contribution in [1.29, 1.82) is 0 Å². The average Bonchev–Trinajstić information content (AvgIpc) is 2.35. The van der Waals surface area contributed by atoms with Gasteiger partial charge >= 0.3 is 11.9 Å². The molecule has 0 spiro atoms. The van der Waals surface area contributed by atoms with E-state index >= 15 is 0 Å². The van der Waals surface area contributed by atoms with Gasteiger partial charge in [-0.25, -0.2) is 4.79 Å². The fraction of sp³-hybridized carbons (Fsp3) is 0.846. The van der Waals surface area contributed by atoms with E-state index in [0.29, 0.717) is 25.8 Å². The van der Waals surface area contributed by atoms with E-state index < -0.39 is 18.0 Å². The van der Waals surface area contributed by atoms with Gasteiger partial charge in [0.15, 0.2) is 0 Å². The highest BCUT2D eigenvalue weighted by molar-refractivity contribution is 5.88. The lowest BCUT2D eigenvalue weighted by atomic mass is 10.1. The van der Waals surface area contributed by atoms with Gasteiger partial charge < -0.3 is 16.2 Å². The van der Waals surface area contributed by atoms with Crippen molar-refractivity contribution in [2.75, 3.05) is 6.54 Å². The van der Waals surface area contributed by atoms with Crippen LogP contribution in [-0.2, 0) is 14.3 Å². The highest BCUT2D eigenvalue weighted by atomic mass is 16.6. The monoisotopic (exact) mass is 258 g/mol. The quantitative estimate of drug-likeness (QED) is 0.351. The van der Waals surface area contributed by atoms with Crippen LogP contribution in [0.2, 0.25) is 0 Å². The zero-order valence-corrected chi connectivity index (χ0v) is 11.3. The van der Waals surface area contributed by atoms with Gasteiger partial charge in [0.2, 0.25) is 0 Å². The van der Waals surface area contributed by atoms with E-state index in [1.807, 2.05) is 0 Å². The minimum atomic E-state index is -0.738. The maximum Gasteiger partial charge on any atom is 0.330 e. The Kier molecular flexibility index (Phi) is 10.6. The van der Waals surface area contributed by atoms with Crippen LogP contribution in [-0.4, -0.2) is 24.5 Å². The second kappa shape index (κ2) is 11.2. The van der Waals surface area contributed by atoms with Crippen molar-refractivity contribution >= 4 is 11.9 Å². The van der Waals surface area contributed by atoms with E-state index in [1.54, 1.807) is 0 Å². The summed E-state index contributed by atoms with van der Waals surface area (Å²) in [7, 11) is 0. The third kappa shape index (κ3) is 9.13. The van der Waals surface area contributed by atoms with Crippen LogP contribution in [0.5, 0.6) is 0 Å². The summed E-state index contributed by atoms with van der Waals surface area (Å²) < 4.78 is 4.67. The zero-order chi connectivity index (χ0) is 13.8. The summed E-state index contributed by atoms with van der Waals surface area (Å²) in [6.07, 6.45) is 6.63. The van der Waals surface area contributed by atoms with Gasteiger partial charge in [-0.1, -0.05) is 32.6 Å². The van der Waals surface area contributed by atoms with Gasteiger partial charge in [0.1, 0.15) is 6.04 Å². The number of hydrogen-bond donors (Lipinski definition) is 2. The normalized spacial score (nSPS) is 12.2. The lowest BCUT2D eigenvalue weighted by Crippen LogP contribution is -2.34. The van der Waals surface area contributed by atoms with E-state index in [9.17, 15) is 9.59 Å². The summed E-state index contributed by atoms with van der Waals surface area (Å²) in [6.45, 7) is 2.61. The molecule has 0 aliphatic carbocycles. The van der Waals surface area contributed by atoms with E-state index in [0.717, 1.165) is 19.3 Å². The van der Waals surface area contributed by atoms with Crippen molar-refractivity contribution < 1.29 is 14.3 Å². The molecule has 4 N–H and O–H groups in total. The summed E-state index contributed by atoms with van der Waals surface area (Å²) in [6, 6.07) is -0.738. The van der Waals surface area contributed by atoms with Gasteiger partial charge in [-0.3, -0.25) is 4.79 Å². The summed E-state index contributed by atoms with van der Waals surface area (Å²) in [5, 5.41) is 0. The van der Waals surface area contributed by atoms with E-state index in [-0.39, 0.29) is 0 Å². The first kappa shape index (κ1) is 17.1. The topological polar surface area (TPSA) is 95.4 Å². The standard InChI is InChI=1S/C13H26N2O3/c1-2-3-4-5-6-9-12(16)18-13(17)11(15)8-7-10-14/h11H,2-10,14-15H2,1H3/t11-/m1/s1. The largest absolute Gasteiger partial charge is 0.392 e. The van der Waals surface area contributed by atoms with Gasteiger partial charge in [-0.15, -0.1) is 0 Å². The Labute approximate surface area is 109 Å². The first-order chi connectivity index (χ1) is 8.61. The van der Waals surface area contributed by atoms with Gasteiger partial charge in [0.05, 0.1) is 0 Å². The number of nitrogens with two attached hydrogens (primary N) is 2. The molecule has 0 aromatic carbocycles. The van der Waals surface area contributed by atoms with Gasteiger partial charge in [-0.05, 0) is 25.8 Å². The summed E-state index contributed by atoms with van der Waals surface area (Å²) in [5.41, 5.74) is 10.9. The molecule has 0 heterocycles. The van der Waals surface area contributed by atoms with Crippen molar-refractivity contribution in [2.24, 2.45) is 11.5 Å². The molecule has 0 fully saturated rings. The van der Waals surface area contributed by atoms with Crippen LogP contribution in [0.4, 0.5) is 0 Å². The Hall–Kier alpha value is -0.940. The number of unbranched alkanes of at least 4 members (excludes halogenated alkanes) is 4. The molecular weight excluding hydrogens is 232 g/mol. The van der Waals surface area contributed by atoms with Crippen molar-refractivity contribution in [3.63, 3.8) is 0 Å². The molecule has 0 aliphatic heterocycles. The molecule has 0 rings (SSSR count). The van der Waals surface area contributed by atoms with E-state index in [1.165, 1.54) is 12.8 Å². The lowest BCUT2D eigenvalue weighted by molar-refractivity contribution is -0.160. The minimum Gasteiger partial charge on any atom is -0.392 e. The van der Waals surface area contributed by atoms with Crippen molar-refractivity contribution in [3.05, 3.63) is 0 Å². The Morgan fingerprint density at radius 3 is 2.39 bits per heavy atom. The summed E-state index contributed by atoms with van der Waals surface area (Å²) in [5.74, 6) is -1.11. The number of ether oxygens (including phenoxy) is 1. The van der Waals surface area contributed by atoms with Gasteiger partial charge in [-0.2, -0.15) is 0 Å². The van der Waals surface area contributed by atoms with Crippen LogP contribution in [0.1, 0.15) is 58.3 Å². The average molecular weight is 258 g/mol. The van der Waals surface area contributed by atoms with Crippen LogP contribution in [0.15, 0.2) is 0 Å². The molecule has 1 atom stereocenters. The number of carbonyl (C=O) groups excluding carboxylic acids is 2. The maximum absolute atomic E-state index is 11.4. The molecule has 0 bridgehead atoms. The molecule has 0 aliphatic rings. The van der Waals surface area contributed by atoms with Crippen LogP contribution in [0.3, 0.4) is 0 Å². The molecule has 0 saturated carbocycles. The van der Waals surface area contributed by atoms with Crippen LogP contribution < -0.4 is 11.5 Å². The molecule has 5 heteroatoms. The van der Waals surface area contributed by atoms with Crippen LogP contribution >= 0.6 is 0 Å². The number of rotatable bonds is 10. The maximum atomic E-state index is 11.4. The number of hydrogen-bond acceptors (Lipinski definition) is 5. The highest BCUT2D eigenvalue weighted by Gasteiger charge is 2.17. The number of esters is 2. The molecular formula is C13H26N2O3. The van der Waals surface area contributed by atoms with Crippen molar-refractivity contribution in [1.82, 2.24) is 0 Å². The predicted molar refractivity (Wildman–Crippen MR) is 70.7 cm³/mol. The number of carbonyl (C=O) groups is 2.